The van der Waals surface area contributed by atoms with Gasteiger partial charge in [-0.2, -0.15) is 0 Å². The fourth-order valence-corrected chi connectivity index (χ4v) is 4.65. The molecule has 1 aromatic heterocycles. The molecule has 0 bridgehead atoms. The second-order valence-corrected chi connectivity index (χ2v) is 7.81. The first-order chi connectivity index (χ1) is 10.2. The van der Waals surface area contributed by atoms with Crippen LogP contribution in [0.5, 0.6) is 0 Å². The highest BCUT2D eigenvalue weighted by molar-refractivity contribution is 9.13. The van der Waals surface area contributed by atoms with Crippen LogP contribution in [0.3, 0.4) is 0 Å². The summed E-state index contributed by atoms with van der Waals surface area (Å²) in [6.07, 6.45) is 0. The van der Waals surface area contributed by atoms with Gasteiger partial charge in [0, 0.05) is 9.79 Å². The van der Waals surface area contributed by atoms with E-state index in [-0.39, 0.29) is 0 Å². The van der Waals surface area contributed by atoms with Crippen molar-refractivity contribution in [3.8, 4) is 0 Å². The summed E-state index contributed by atoms with van der Waals surface area (Å²) in [6.45, 7) is 0. The van der Waals surface area contributed by atoms with Gasteiger partial charge in [-0.05, 0) is 56.1 Å². The Morgan fingerprint density at radius 2 is 1.00 bits per heavy atom. The van der Waals surface area contributed by atoms with E-state index in [1.165, 1.54) is 0 Å². The van der Waals surface area contributed by atoms with Crippen molar-refractivity contribution in [3.63, 3.8) is 0 Å². The Morgan fingerprint density at radius 3 is 1.38 bits per heavy atom. The number of halogens is 2. The van der Waals surface area contributed by atoms with Crippen molar-refractivity contribution in [1.82, 2.24) is 0 Å². The third-order valence-corrected chi connectivity index (χ3v) is 7.18. The average Bonchev–Trinajstić information content (AvgIpc) is 2.78. The first-order valence-corrected chi connectivity index (χ1v) is 9.39. The van der Waals surface area contributed by atoms with Gasteiger partial charge in [0.2, 0.25) is 0 Å². The Labute approximate surface area is 148 Å². The van der Waals surface area contributed by atoms with Crippen LogP contribution >= 0.6 is 55.4 Å². The van der Waals surface area contributed by atoms with Crippen molar-refractivity contribution in [2.24, 2.45) is 0 Å². The molecule has 3 aromatic rings. The molecule has 0 fully saturated rings. The van der Waals surface area contributed by atoms with Gasteiger partial charge in [0.15, 0.2) is 10.2 Å². The number of rotatable bonds is 4. The van der Waals surface area contributed by atoms with E-state index >= 15 is 0 Å². The molecule has 0 spiro atoms. The van der Waals surface area contributed by atoms with Crippen molar-refractivity contribution >= 4 is 55.4 Å². The van der Waals surface area contributed by atoms with Crippen LogP contribution in [0.15, 0.2) is 94.0 Å². The Hall–Kier alpha value is -0.620. The maximum Gasteiger partial charge on any atom is 0.181 e. The number of hydrogen-bond acceptors (Lipinski definition) is 3. The molecule has 0 aliphatic rings. The molecule has 0 saturated carbocycles. The summed E-state index contributed by atoms with van der Waals surface area (Å²) in [5.41, 5.74) is 0. The van der Waals surface area contributed by atoms with Crippen molar-refractivity contribution in [2.45, 2.75) is 20.0 Å². The second-order valence-electron chi connectivity index (χ2n) is 4.14. The fourth-order valence-electron chi connectivity index (χ4n) is 1.68. The van der Waals surface area contributed by atoms with Crippen LogP contribution in [0.1, 0.15) is 0 Å². The van der Waals surface area contributed by atoms with Gasteiger partial charge < -0.3 is 4.42 Å². The number of benzene rings is 2. The van der Waals surface area contributed by atoms with Crippen LogP contribution in [0.25, 0.3) is 0 Å². The minimum Gasteiger partial charge on any atom is -0.440 e. The maximum absolute atomic E-state index is 5.99. The summed E-state index contributed by atoms with van der Waals surface area (Å²) in [5.74, 6) is 0. The SMILES string of the molecule is Brc1c(Sc2ccccc2)oc(Sc2ccccc2)c1Br. The smallest absolute Gasteiger partial charge is 0.181 e. The molecule has 2 aromatic carbocycles. The Kier molecular flexibility index (Phi) is 5.16. The van der Waals surface area contributed by atoms with E-state index in [1.807, 2.05) is 36.4 Å². The Bertz CT molecular complexity index is 665. The van der Waals surface area contributed by atoms with E-state index in [4.69, 9.17) is 4.42 Å². The van der Waals surface area contributed by atoms with E-state index in [2.05, 4.69) is 56.1 Å². The lowest BCUT2D eigenvalue weighted by atomic mass is 10.4. The summed E-state index contributed by atoms with van der Waals surface area (Å²) in [5, 5.41) is 1.71. The first kappa shape index (κ1) is 15.3. The van der Waals surface area contributed by atoms with Crippen LogP contribution in [-0.4, -0.2) is 0 Å². The molecule has 0 radical (unpaired) electrons. The van der Waals surface area contributed by atoms with Gasteiger partial charge >= 0.3 is 0 Å². The van der Waals surface area contributed by atoms with E-state index in [1.54, 1.807) is 23.5 Å². The Balaban J connectivity index is 1.85. The standard InChI is InChI=1S/C16H10Br2OS2/c17-13-14(18)16(21-12-9-5-2-6-10-12)19-15(13)20-11-7-3-1-4-8-11/h1-10H. The van der Waals surface area contributed by atoms with Crippen LogP contribution in [0, 0.1) is 0 Å². The molecule has 0 N–H and O–H groups in total. The second kappa shape index (κ2) is 7.09. The molecule has 0 amide bonds. The molecular formula is C16H10Br2OS2. The van der Waals surface area contributed by atoms with Crippen LogP contribution in [0.4, 0.5) is 0 Å². The molecule has 5 heteroatoms. The highest BCUT2D eigenvalue weighted by Gasteiger charge is 2.18. The van der Waals surface area contributed by atoms with Crippen LogP contribution < -0.4 is 0 Å². The number of hydrogen-bond donors (Lipinski definition) is 0. The predicted octanol–water partition coefficient (Wildman–Crippen LogP) is 7.11. The van der Waals surface area contributed by atoms with Gasteiger partial charge in [-0.15, -0.1) is 0 Å². The fraction of sp³-hybridized carbons (Fsp3) is 0. The Morgan fingerprint density at radius 1 is 0.619 bits per heavy atom. The zero-order valence-corrected chi connectivity index (χ0v) is 15.6. The molecule has 0 unspecified atom stereocenters. The molecule has 0 saturated heterocycles. The van der Waals surface area contributed by atoms with E-state index in [0.29, 0.717) is 0 Å². The van der Waals surface area contributed by atoms with Gasteiger partial charge in [0.1, 0.15) is 0 Å². The zero-order valence-electron chi connectivity index (χ0n) is 10.8. The molecule has 21 heavy (non-hydrogen) atoms. The van der Waals surface area contributed by atoms with E-state index in [9.17, 15) is 0 Å². The van der Waals surface area contributed by atoms with Crippen molar-refractivity contribution in [2.75, 3.05) is 0 Å². The molecule has 1 heterocycles. The topological polar surface area (TPSA) is 13.1 Å². The normalized spacial score (nSPS) is 10.8. The maximum atomic E-state index is 5.99. The third-order valence-electron chi connectivity index (χ3n) is 2.64. The zero-order chi connectivity index (χ0) is 14.7. The lowest BCUT2D eigenvalue weighted by Gasteiger charge is -1.98. The third kappa shape index (κ3) is 3.77. The van der Waals surface area contributed by atoms with E-state index in [0.717, 1.165) is 28.9 Å². The average molecular weight is 442 g/mol. The quantitative estimate of drug-likeness (QED) is 0.428. The largest absolute Gasteiger partial charge is 0.440 e. The van der Waals surface area contributed by atoms with Gasteiger partial charge in [-0.1, -0.05) is 59.9 Å². The van der Waals surface area contributed by atoms with Gasteiger partial charge in [0.25, 0.3) is 0 Å². The molecule has 0 aliphatic heterocycles. The minimum atomic E-state index is 0.853. The van der Waals surface area contributed by atoms with Gasteiger partial charge in [-0.3, -0.25) is 0 Å². The van der Waals surface area contributed by atoms with Gasteiger partial charge in [0.05, 0.1) is 8.95 Å². The molecule has 3 rings (SSSR count). The van der Waals surface area contributed by atoms with Crippen molar-refractivity contribution < 1.29 is 4.42 Å². The van der Waals surface area contributed by atoms with Crippen molar-refractivity contribution in [1.29, 1.82) is 0 Å². The molecule has 106 valence electrons. The first-order valence-electron chi connectivity index (χ1n) is 6.17. The van der Waals surface area contributed by atoms with Crippen LogP contribution in [-0.2, 0) is 0 Å². The summed E-state index contributed by atoms with van der Waals surface area (Å²) in [7, 11) is 0. The summed E-state index contributed by atoms with van der Waals surface area (Å²) in [6, 6.07) is 20.4. The molecule has 0 atom stereocenters. The lowest BCUT2D eigenvalue weighted by Crippen LogP contribution is -1.69. The monoisotopic (exact) mass is 440 g/mol. The summed E-state index contributed by atoms with van der Waals surface area (Å²) < 4.78 is 7.89. The summed E-state index contributed by atoms with van der Waals surface area (Å²) in [4.78, 5) is 2.30. The molecule has 0 aliphatic carbocycles. The van der Waals surface area contributed by atoms with Crippen LogP contribution in [0.2, 0.25) is 0 Å². The minimum absolute atomic E-state index is 0.853. The molecule has 1 nitrogen and oxygen atoms in total. The highest BCUT2D eigenvalue weighted by atomic mass is 79.9. The lowest BCUT2D eigenvalue weighted by molar-refractivity contribution is 0.393. The predicted molar refractivity (Wildman–Crippen MR) is 95.2 cm³/mol. The highest BCUT2D eigenvalue weighted by Crippen LogP contribution is 2.46. The summed E-state index contributed by atoms with van der Waals surface area (Å²) >= 11 is 10.4. The molecular weight excluding hydrogens is 432 g/mol. The number of furan rings is 1. The van der Waals surface area contributed by atoms with Crippen molar-refractivity contribution in [3.05, 3.63) is 69.6 Å². The van der Waals surface area contributed by atoms with E-state index < -0.39 is 0 Å². The van der Waals surface area contributed by atoms with Gasteiger partial charge in [-0.25, -0.2) is 0 Å².